The van der Waals surface area contributed by atoms with Crippen molar-refractivity contribution in [1.29, 1.82) is 0 Å². The molecule has 2 atom stereocenters. The Morgan fingerprint density at radius 3 is 1.49 bits per heavy atom. The molecule has 0 heterocycles. The number of hydrogen-bond donors (Lipinski definition) is 2. The number of allylic oxidation sites excluding steroid dienone is 16. The lowest BCUT2D eigenvalue weighted by molar-refractivity contribution is -0.161. The van der Waals surface area contributed by atoms with Gasteiger partial charge in [0.05, 0.1) is 13.2 Å². The number of nitrogens with two attached hydrogens (primary N) is 1. The van der Waals surface area contributed by atoms with Crippen LogP contribution >= 0.6 is 7.82 Å². The molecule has 0 aliphatic carbocycles. The van der Waals surface area contributed by atoms with Crippen LogP contribution in [0.25, 0.3) is 0 Å². The second-order valence-electron chi connectivity index (χ2n) is 13.1. The Balaban J connectivity index is 4.33. The van der Waals surface area contributed by atoms with E-state index in [2.05, 4.69) is 111 Å². The second-order valence-corrected chi connectivity index (χ2v) is 14.6. The fourth-order valence-electron chi connectivity index (χ4n) is 4.90. The largest absolute Gasteiger partial charge is 0.472 e. The van der Waals surface area contributed by atoms with Crippen LogP contribution in [-0.2, 0) is 32.7 Å². The van der Waals surface area contributed by atoms with Crippen molar-refractivity contribution in [2.75, 3.05) is 26.4 Å². The number of hydrogen-bond acceptors (Lipinski definition) is 8. The van der Waals surface area contributed by atoms with E-state index < -0.39 is 32.5 Å². The van der Waals surface area contributed by atoms with Gasteiger partial charge in [-0.05, 0) is 96.3 Å². The summed E-state index contributed by atoms with van der Waals surface area (Å²) in [6.45, 7) is 3.47. The number of ether oxygens (including phenoxy) is 2. The van der Waals surface area contributed by atoms with Gasteiger partial charge in [0.1, 0.15) is 6.61 Å². The zero-order chi connectivity index (χ0) is 40.3. The van der Waals surface area contributed by atoms with Crippen LogP contribution in [0.1, 0.15) is 142 Å². The Hall–Kier alpha value is -3.07. The van der Waals surface area contributed by atoms with Gasteiger partial charge in [-0.2, -0.15) is 0 Å². The minimum atomic E-state index is -4.40. The first-order chi connectivity index (χ1) is 26.8. The molecule has 0 aliphatic rings. The molecule has 0 saturated carbocycles. The number of carbonyl (C=O) groups is 2. The van der Waals surface area contributed by atoms with Gasteiger partial charge >= 0.3 is 19.8 Å². The van der Waals surface area contributed by atoms with E-state index >= 15 is 0 Å². The Kier molecular flexibility index (Phi) is 38.3. The molecule has 1 unspecified atom stereocenters. The van der Waals surface area contributed by atoms with Gasteiger partial charge in [0.2, 0.25) is 0 Å². The van der Waals surface area contributed by atoms with Crippen molar-refractivity contribution >= 4 is 19.8 Å². The van der Waals surface area contributed by atoms with Crippen LogP contribution in [0.2, 0.25) is 0 Å². The molecular formula is C45H74NO8P. The van der Waals surface area contributed by atoms with Gasteiger partial charge in [-0.3, -0.25) is 18.6 Å². The van der Waals surface area contributed by atoms with Gasteiger partial charge in [0.15, 0.2) is 6.10 Å². The van der Waals surface area contributed by atoms with Gasteiger partial charge in [-0.25, -0.2) is 4.57 Å². The molecule has 0 saturated heterocycles. The number of rotatable bonds is 37. The van der Waals surface area contributed by atoms with Gasteiger partial charge in [0, 0.05) is 19.4 Å². The Morgan fingerprint density at radius 2 is 1.00 bits per heavy atom. The molecule has 0 fully saturated rings. The first-order valence-electron chi connectivity index (χ1n) is 20.7. The number of esters is 2. The van der Waals surface area contributed by atoms with E-state index in [1.54, 1.807) is 0 Å². The summed E-state index contributed by atoms with van der Waals surface area (Å²) in [5, 5.41) is 0. The highest BCUT2D eigenvalue weighted by atomic mass is 31.2. The molecule has 0 bridgehead atoms. The highest BCUT2D eigenvalue weighted by Crippen LogP contribution is 2.43. The quantitative estimate of drug-likeness (QED) is 0.0273. The van der Waals surface area contributed by atoms with Gasteiger partial charge in [0.25, 0.3) is 0 Å². The number of carbonyl (C=O) groups excluding carboxylic acids is 2. The first kappa shape index (κ1) is 51.9. The summed E-state index contributed by atoms with van der Waals surface area (Å²) in [6, 6.07) is 0. The number of unbranched alkanes of at least 4 members (excludes halogenated alkanes) is 8. The van der Waals surface area contributed by atoms with Gasteiger partial charge in [-0.15, -0.1) is 0 Å². The summed E-state index contributed by atoms with van der Waals surface area (Å²) in [5.74, 6) is -0.923. The van der Waals surface area contributed by atoms with E-state index in [4.69, 9.17) is 24.3 Å². The second kappa shape index (κ2) is 40.6. The average molecular weight is 788 g/mol. The van der Waals surface area contributed by atoms with Gasteiger partial charge < -0.3 is 20.1 Å². The van der Waals surface area contributed by atoms with E-state index in [0.29, 0.717) is 12.8 Å². The van der Waals surface area contributed by atoms with Crippen molar-refractivity contribution < 1.29 is 37.6 Å². The molecule has 0 rings (SSSR count). The topological polar surface area (TPSA) is 134 Å². The van der Waals surface area contributed by atoms with Crippen molar-refractivity contribution in [3.63, 3.8) is 0 Å². The van der Waals surface area contributed by atoms with Crippen LogP contribution in [0.4, 0.5) is 0 Å². The third-order valence-corrected chi connectivity index (χ3v) is 8.94. The Morgan fingerprint density at radius 1 is 0.564 bits per heavy atom. The van der Waals surface area contributed by atoms with E-state index in [9.17, 15) is 19.0 Å². The molecule has 0 aromatic heterocycles. The third kappa shape index (κ3) is 40.4. The van der Waals surface area contributed by atoms with Crippen molar-refractivity contribution in [3.05, 3.63) is 97.2 Å². The number of phosphoric acid groups is 1. The Bertz CT molecular complexity index is 1220. The molecule has 0 radical (unpaired) electrons. The highest BCUT2D eigenvalue weighted by molar-refractivity contribution is 7.47. The molecule has 312 valence electrons. The standard InChI is InChI=1S/C45H74NO8P/c1-3-5-7-9-11-13-15-17-19-20-21-22-24-25-27-29-31-33-35-37-44(47)51-41-43(42-53-55(49,50)52-40-39-46)54-45(48)38-36-34-32-30-28-26-23-18-16-14-12-10-8-6-4-2/h5,7,11-14,17-19,21-23,25,27-28,30,43H,3-4,6,8-10,15-16,20,24,26,29,31-42,46H2,1-2H3,(H,49,50)/t43-/m1/s1. The normalized spacial score (nSPS) is 14.3. The maximum Gasteiger partial charge on any atom is 0.472 e. The highest BCUT2D eigenvalue weighted by Gasteiger charge is 2.25. The molecule has 10 heteroatoms. The van der Waals surface area contributed by atoms with Crippen molar-refractivity contribution in [1.82, 2.24) is 0 Å². The van der Waals surface area contributed by atoms with Crippen LogP contribution in [0, 0.1) is 0 Å². The summed E-state index contributed by atoms with van der Waals surface area (Å²) in [5.41, 5.74) is 5.34. The van der Waals surface area contributed by atoms with Crippen LogP contribution in [-0.4, -0.2) is 49.3 Å². The maximum atomic E-state index is 12.5. The molecule has 0 aromatic carbocycles. The fraction of sp³-hybridized carbons (Fsp3) is 0.600. The summed E-state index contributed by atoms with van der Waals surface area (Å²) in [6.07, 6.45) is 51.5. The summed E-state index contributed by atoms with van der Waals surface area (Å²) in [7, 11) is -4.40. The van der Waals surface area contributed by atoms with Gasteiger partial charge in [-0.1, -0.05) is 130 Å². The van der Waals surface area contributed by atoms with E-state index in [-0.39, 0.29) is 32.6 Å². The molecule has 55 heavy (non-hydrogen) atoms. The fourth-order valence-corrected chi connectivity index (χ4v) is 5.67. The maximum absolute atomic E-state index is 12.5. The summed E-state index contributed by atoms with van der Waals surface area (Å²) >= 11 is 0. The molecule has 0 spiro atoms. The zero-order valence-electron chi connectivity index (χ0n) is 34.1. The van der Waals surface area contributed by atoms with Crippen molar-refractivity contribution in [2.24, 2.45) is 5.73 Å². The first-order valence-corrected chi connectivity index (χ1v) is 22.2. The molecular weight excluding hydrogens is 713 g/mol. The molecule has 3 N–H and O–H groups in total. The van der Waals surface area contributed by atoms with Crippen LogP contribution in [0.5, 0.6) is 0 Å². The smallest absolute Gasteiger partial charge is 0.462 e. The molecule has 0 amide bonds. The Labute approximate surface area is 334 Å². The lowest BCUT2D eigenvalue weighted by atomic mass is 10.1. The SMILES string of the molecule is CCC=CCC=CCC=CCC=CCC=CCCCCCC(=O)OC[C@H](COP(=O)(O)OCCN)OC(=O)CCCCC=CCC=CCC=CCCCCC. The summed E-state index contributed by atoms with van der Waals surface area (Å²) in [4.78, 5) is 34.8. The van der Waals surface area contributed by atoms with Crippen LogP contribution in [0.15, 0.2) is 97.2 Å². The summed E-state index contributed by atoms with van der Waals surface area (Å²) < 4.78 is 32.7. The van der Waals surface area contributed by atoms with Crippen LogP contribution < -0.4 is 5.73 Å². The monoisotopic (exact) mass is 788 g/mol. The molecule has 9 nitrogen and oxygen atoms in total. The number of phosphoric ester groups is 1. The predicted octanol–water partition coefficient (Wildman–Crippen LogP) is 11.8. The van der Waals surface area contributed by atoms with Crippen molar-refractivity contribution in [3.8, 4) is 0 Å². The third-order valence-electron chi connectivity index (χ3n) is 7.95. The van der Waals surface area contributed by atoms with E-state index in [0.717, 1.165) is 83.5 Å². The lowest BCUT2D eigenvalue weighted by Gasteiger charge is -2.19. The van der Waals surface area contributed by atoms with E-state index in [1.165, 1.54) is 19.3 Å². The van der Waals surface area contributed by atoms with E-state index in [1.807, 2.05) is 0 Å². The average Bonchev–Trinajstić information content (AvgIpc) is 3.17. The molecule has 0 aromatic rings. The zero-order valence-corrected chi connectivity index (χ0v) is 35.0. The molecule has 0 aliphatic heterocycles. The van der Waals surface area contributed by atoms with Crippen LogP contribution in [0.3, 0.4) is 0 Å². The van der Waals surface area contributed by atoms with Crippen molar-refractivity contribution in [2.45, 2.75) is 148 Å². The minimum absolute atomic E-state index is 0.0367. The minimum Gasteiger partial charge on any atom is -0.462 e. The lowest BCUT2D eigenvalue weighted by Crippen LogP contribution is -2.29. The predicted molar refractivity (Wildman–Crippen MR) is 228 cm³/mol.